The number of benzene rings is 1. The van der Waals surface area contributed by atoms with E-state index < -0.39 is 0 Å². The maximum atomic E-state index is 8.86. The minimum atomic E-state index is 0.109. The van der Waals surface area contributed by atoms with E-state index in [4.69, 9.17) is 10.2 Å². The van der Waals surface area contributed by atoms with Gasteiger partial charge in [0.1, 0.15) is 0 Å². The first-order chi connectivity index (χ1) is 7.29. The second-order valence-electron chi connectivity index (χ2n) is 3.31. The minimum absolute atomic E-state index is 0.109. The first-order valence-corrected chi connectivity index (χ1v) is 5.05. The van der Waals surface area contributed by atoms with Gasteiger partial charge in [0.2, 0.25) is 0 Å². The fourth-order valence-electron chi connectivity index (χ4n) is 1.42. The monoisotopic (exact) mass is 210 g/mol. The zero-order valence-electron chi connectivity index (χ0n) is 8.98. The summed E-state index contributed by atoms with van der Waals surface area (Å²) in [4.78, 5) is 1.97. The molecule has 0 saturated carbocycles. The smallest absolute Gasteiger partial charge is 0.0606 e. The highest BCUT2D eigenvalue weighted by Crippen LogP contribution is 2.23. The number of aliphatic hydroxyl groups excluding tert-OH is 2. The zero-order chi connectivity index (χ0) is 11.1. The number of nitrogens with zero attached hydrogens (tertiary/aromatic N) is 1. The maximum Gasteiger partial charge on any atom is 0.0606 e. The van der Waals surface area contributed by atoms with Crippen molar-refractivity contribution < 1.29 is 10.2 Å². The lowest BCUT2D eigenvalue weighted by Crippen LogP contribution is -2.22. The number of hydrogen-bond donors (Lipinski definition) is 3. The number of nitrogens with one attached hydrogen (secondary N) is 1. The van der Waals surface area contributed by atoms with Crippen molar-refractivity contribution in [2.45, 2.75) is 0 Å². The maximum absolute atomic E-state index is 8.86. The molecule has 0 bridgehead atoms. The Balaban J connectivity index is 2.75. The number of para-hydroxylation sites is 2. The molecule has 0 amide bonds. The molecule has 1 aromatic carbocycles. The largest absolute Gasteiger partial charge is 0.395 e. The molecular weight excluding hydrogens is 192 g/mol. The molecule has 0 radical (unpaired) electrons. The van der Waals surface area contributed by atoms with E-state index in [9.17, 15) is 0 Å². The Hall–Kier alpha value is -1.26. The van der Waals surface area contributed by atoms with Crippen LogP contribution in [0.2, 0.25) is 0 Å². The van der Waals surface area contributed by atoms with Crippen molar-refractivity contribution in [3.8, 4) is 0 Å². The second-order valence-corrected chi connectivity index (χ2v) is 3.31. The lowest BCUT2D eigenvalue weighted by atomic mass is 10.2. The molecule has 0 spiro atoms. The summed E-state index contributed by atoms with van der Waals surface area (Å²) in [6.07, 6.45) is 0. The third-order valence-electron chi connectivity index (χ3n) is 2.18. The first kappa shape index (κ1) is 11.8. The number of rotatable bonds is 6. The topological polar surface area (TPSA) is 55.7 Å². The van der Waals surface area contributed by atoms with Gasteiger partial charge in [-0.3, -0.25) is 0 Å². The summed E-state index contributed by atoms with van der Waals surface area (Å²) in [6.45, 7) is 1.37. The van der Waals surface area contributed by atoms with Gasteiger partial charge in [0.05, 0.1) is 24.6 Å². The van der Waals surface area contributed by atoms with E-state index >= 15 is 0 Å². The van der Waals surface area contributed by atoms with Gasteiger partial charge in [-0.05, 0) is 12.1 Å². The number of likely N-dealkylation sites (N-methyl/N-ethyl adjacent to an activating group) is 1. The molecule has 0 saturated heterocycles. The van der Waals surface area contributed by atoms with Gasteiger partial charge in [-0.2, -0.15) is 0 Å². The minimum Gasteiger partial charge on any atom is -0.395 e. The van der Waals surface area contributed by atoms with Crippen molar-refractivity contribution in [3.63, 3.8) is 0 Å². The van der Waals surface area contributed by atoms with Gasteiger partial charge in [-0.15, -0.1) is 0 Å². The molecule has 4 nitrogen and oxygen atoms in total. The van der Waals surface area contributed by atoms with Gasteiger partial charge >= 0.3 is 0 Å². The SMILES string of the molecule is CN(CCO)c1ccccc1NCCO. The van der Waals surface area contributed by atoms with E-state index in [0.29, 0.717) is 13.1 Å². The predicted molar refractivity (Wildman–Crippen MR) is 62.4 cm³/mol. The first-order valence-electron chi connectivity index (χ1n) is 5.05. The van der Waals surface area contributed by atoms with Crippen molar-refractivity contribution in [3.05, 3.63) is 24.3 Å². The Morgan fingerprint density at radius 1 is 1.20 bits per heavy atom. The number of aliphatic hydroxyl groups is 2. The van der Waals surface area contributed by atoms with Gasteiger partial charge in [0.15, 0.2) is 0 Å². The number of anilines is 2. The van der Waals surface area contributed by atoms with Gasteiger partial charge in [0.25, 0.3) is 0 Å². The summed E-state index contributed by atoms with van der Waals surface area (Å²) >= 11 is 0. The molecule has 1 aromatic rings. The predicted octanol–water partition coefficient (Wildman–Crippen LogP) is 0.519. The molecule has 0 aliphatic heterocycles. The molecule has 3 N–H and O–H groups in total. The Labute approximate surface area is 90.2 Å². The van der Waals surface area contributed by atoms with E-state index in [0.717, 1.165) is 11.4 Å². The molecule has 0 aromatic heterocycles. The van der Waals surface area contributed by atoms with Crippen LogP contribution in [0.4, 0.5) is 11.4 Å². The van der Waals surface area contributed by atoms with Gasteiger partial charge in [-0.25, -0.2) is 0 Å². The molecule has 0 aliphatic carbocycles. The molecule has 0 atom stereocenters. The molecular formula is C11H18N2O2. The zero-order valence-corrected chi connectivity index (χ0v) is 8.98. The third-order valence-corrected chi connectivity index (χ3v) is 2.18. The summed E-state index contributed by atoms with van der Waals surface area (Å²) in [7, 11) is 1.93. The van der Waals surface area contributed by atoms with Crippen LogP contribution in [0.15, 0.2) is 24.3 Å². The molecule has 84 valence electrons. The highest BCUT2D eigenvalue weighted by molar-refractivity contribution is 5.69. The third kappa shape index (κ3) is 3.42. The van der Waals surface area contributed by atoms with Crippen molar-refractivity contribution in [2.24, 2.45) is 0 Å². The van der Waals surface area contributed by atoms with Crippen molar-refractivity contribution >= 4 is 11.4 Å². The molecule has 1 rings (SSSR count). The van der Waals surface area contributed by atoms with Gasteiger partial charge in [-0.1, -0.05) is 12.1 Å². The van der Waals surface area contributed by atoms with Crippen LogP contribution in [-0.2, 0) is 0 Å². The van der Waals surface area contributed by atoms with Crippen LogP contribution < -0.4 is 10.2 Å². The van der Waals surface area contributed by atoms with Crippen molar-refractivity contribution in [2.75, 3.05) is 43.6 Å². The van der Waals surface area contributed by atoms with E-state index in [-0.39, 0.29) is 13.2 Å². The Morgan fingerprint density at radius 3 is 2.60 bits per heavy atom. The summed E-state index contributed by atoms with van der Waals surface area (Å²) in [5.41, 5.74) is 2.00. The summed E-state index contributed by atoms with van der Waals surface area (Å²) in [6, 6.07) is 7.83. The van der Waals surface area contributed by atoms with Crippen molar-refractivity contribution in [1.29, 1.82) is 0 Å². The summed E-state index contributed by atoms with van der Waals surface area (Å²) in [5.74, 6) is 0. The number of hydrogen-bond acceptors (Lipinski definition) is 4. The Morgan fingerprint density at radius 2 is 1.93 bits per heavy atom. The molecule has 0 unspecified atom stereocenters. The van der Waals surface area contributed by atoms with E-state index in [1.54, 1.807) is 0 Å². The molecule has 4 heteroatoms. The lowest BCUT2D eigenvalue weighted by Gasteiger charge is -2.21. The Bertz CT molecular complexity index is 292. The highest BCUT2D eigenvalue weighted by Gasteiger charge is 2.04. The van der Waals surface area contributed by atoms with E-state index in [2.05, 4.69) is 5.32 Å². The summed E-state index contributed by atoms with van der Waals surface area (Å²) in [5, 5.41) is 20.7. The quantitative estimate of drug-likeness (QED) is 0.640. The van der Waals surface area contributed by atoms with Crippen LogP contribution >= 0.6 is 0 Å². The van der Waals surface area contributed by atoms with E-state index in [1.807, 2.05) is 36.2 Å². The van der Waals surface area contributed by atoms with Crippen LogP contribution in [0.5, 0.6) is 0 Å². The van der Waals surface area contributed by atoms with Crippen LogP contribution in [0.3, 0.4) is 0 Å². The standard InChI is InChI=1S/C11H18N2O2/c1-13(7-9-15)11-5-3-2-4-10(11)12-6-8-14/h2-5,12,14-15H,6-9H2,1H3. The summed E-state index contributed by atoms with van der Waals surface area (Å²) < 4.78 is 0. The second kappa shape index (κ2) is 6.27. The van der Waals surface area contributed by atoms with Crippen LogP contribution in [0.1, 0.15) is 0 Å². The molecule has 0 fully saturated rings. The Kier molecular flexibility index (Phi) is 4.93. The van der Waals surface area contributed by atoms with Gasteiger partial charge in [0, 0.05) is 20.1 Å². The molecule has 0 heterocycles. The van der Waals surface area contributed by atoms with Crippen molar-refractivity contribution in [1.82, 2.24) is 0 Å². The molecule has 0 aliphatic rings. The van der Waals surface area contributed by atoms with Crippen LogP contribution in [0, 0.1) is 0 Å². The lowest BCUT2D eigenvalue weighted by molar-refractivity contribution is 0.304. The fourth-order valence-corrected chi connectivity index (χ4v) is 1.42. The average molecular weight is 210 g/mol. The molecule has 15 heavy (non-hydrogen) atoms. The van der Waals surface area contributed by atoms with Crippen LogP contribution in [0.25, 0.3) is 0 Å². The average Bonchev–Trinajstić information content (AvgIpc) is 2.27. The van der Waals surface area contributed by atoms with Crippen LogP contribution in [-0.4, -0.2) is 43.6 Å². The van der Waals surface area contributed by atoms with Gasteiger partial charge < -0.3 is 20.4 Å². The van der Waals surface area contributed by atoms with E-state index in [1.165, 1.54) is 0 Å². The fraction of sp³-hybridized carbons (Fsp3) is 0.455. The highest BCUT2D eigenvalue weighted by atomic mass is 16.3. The normalized spacial score (nSPS) is 10.1.